The highest BCUT2D eigenvalue weighted by Gasteiger charge is 2.26. The molecule has 1 aliphatic rings. The zero-order valence-corrected chi connectivity index (χ0v) is 20.0. The molecular weight excluding hydrogens is 469 g/mol. The van der Waals surface area contributed by atoms with Crippen molar-refractivity contribution in [3.63, 3.8) is 0 Å². The van der Waals surface area contributed by atoms with Gasteiger partial charge in [-0.1, -0.05) is 11.8 Å². The first-order chi connectivity index (χ1) is 16.9. The smallest absolute Gasteiger partial charge is 0.245 e. The van der Waals surface area contributed by atoms with Crippen LogP contribution in [0.5, 0.6) is 0 Å². The molecular formula is C24H26FN7O2S. The summed E-state index contributed by atoms with van der Waals surface area (Å²) in [5, 5.41) is 21.2. The Morgan fingerprint density at radius 1 is 1.29 bits per heavy atom. The Balaban J connectivity index is 1.44. The molecule has 0 bridgehead atoms. The first-order valence-electron chi connectivity index (χ1n) is 11.4. The summed E-state index contributed by atoms with van der Waals surface area (Å²) in [6.07, 6.45) is 10.3. The largest absolute Gasteiger partial charge is 0.396 e. The normalized spacial score (nSPS) is 18.1. The van der Waals surface area contributed by atoms with Crippen LogP contribution in [0.4, 0.5) is 10.1 Å². The molecule has 182 valence electrons. The summed E-state index contributed by atoms with van der Waals surface area (Å²) in [5.74, 6) is -0.728. The highest BCUT2D eigenvalue weighted by Crippen LogP contribution is 2.38. The van der Waals surface area contributed by atoms with Crippen molar-refractivity contribution in [1.29, 1.82) is 0 Å². The summed E-state index contributed by atoms with van der Waals surface area (Å²) in [7, 11) is 0. The quantitative estimate of drug-likeness (QED) is 0.375. The second-order valence-electron chi connectivity index (χ2n) is 8.70. The molecule has 1 fully saturated rings. The number of nitrogens with zero attached hydrogens (tertiary/aromatic N) is 5. The van der Waals surface area contributed by atoms with Crippen molar-refractivity contribution in [2.75, 3.05) is 12.3 Å². The number of nitrogens with two attached hydrogens (primary N) is 1. The number of aromatic nitrogens is 5. The van der Waals surface area contributed by atoms with Gasteiger partial charge in [0.05, 0.1) is 24.1 Å². The van der Waals surface area contributed by atoms with Crippen molar-refractivity contribution in [1.82, 2.24) is 29.7 Å². The molecule has 0 aromatic carbocycles. The van der Waals surface area contributed by atoms with Crippen LogP contribution in [0, 0.1) is 12.7 Å². The van der Waals surface area contributed by atoms with Crippen LogP contribution in [0.1, 0.15) is 37.4 Å². The summed E-state index contributed by atoms with van der Waals surface area (Å²) in [6, 6.07) is 5.23. The molecule has 0 atom stereocenters. The molecule has 1 saturated carbocycles. The monoisotopic (exact) mass is 495 g/mol. The fourth-order valence-corrected chi connectivity index (χ4v) is 5.68. The number of rotatable bonds is 6. The minimum Gasteiger partial charge on any atom is -0.396 e. The first-order valence-corrected chi connectivity index (χ1v) is 12.3. The Bertz CT molecular complexity index is 1380. The van der Waals surface area contributed by atoms with Crippen molar-refractivity contribution in [2.45, 2.75) is 54.6 Å². The number of nitrogen functional groups attached to an aromatic ring is 1. The van der Waals surface area contributed by atoms with Crippen LogP contribution in [0.25, 0.3) is 16.6 Å². The lowest BCUT2D eigenvalue weighted by molar-refractivity contribution is -0.124. The average Bonchev–Trinajstić information content (AvgIpc) is 3.43. The predicted octanol–water partition coefficient (Wildman–Crippen LogP) is 3.37. The predicted molar refractivity (Wildman–Crippen MR) is 130 cm³/mol. The molecule has 4 heterocycles. The van der Waals surface area contributed by atoms with Gasteiger partial charge in [0.25, 0.3) is 0 Å². The number of halogens is 1. The van der Waals surface area contributed by atoms with E-state index in [-0.39, 0.29) is 23.0 Å². The van der Waals surface area contributed by atoms with E-state index in [0.717, 1.165) is 47.4 Å². The van der Waals surface area contributed by atoms with E-state index >= 15 is 0 Å². The van der Waals surface area contributed by atoms with E-state index in [1.165, 1.54) is 17.8 Å². The summed E-state index contributed by atoms with van der Waals surface area (Å²) < 4.78 is 18.1. The first kappa shape index (κ1) is 23.3. The molecule has 1 amide bonds. The number of fused-ring (bicyclic) bond motifs is 1. The van der Waals surface area contributed by atoms with Crippen LogP contribution in [-0.2, 0) is 4.79 Å². The minimum absolute atomic E-state index is 0.0838. The number of aliphatic hydroxyl groups excluding tert-OH is 1. The standard InChI is InChI=1S/C24H26FN7O2S/c1-14-18(10-29-32(14)17-6-4-16(5-7-17)30-22(34)13-33)15-9-21(23-20(26)11-28-31(23)12-15)35-24-19(25)3-2-8-27-24/h2-3,8-12,16-17,33H,4-7,13,26H2,1H3,(H,30,34)/t16-,17+. The Kier molecular flexibility index (Phi) is 6.44. The van der Waals surface area contributed by atoms with Gasteiger partial charge in [0.2, 0.25) is 5.91 Å². The second kappa shape index (κ2) is 9.67. The summed E-state index contributed by atoms with van der Waals surface area (Å²) in [4.78, 5) is 16.4. The minimum atomic E-state index is -0.485. The van der Waals surface area contributed by atoms with Gasteiger partial charge in [-0.2, -0.15) is 10.2 Å². The van der Waals surface area contributed by atoms with E-state index in [1.54, 1.807) is 23.0 Å². The van der Waals surface area contributed by atoms with Crippen LogP contribution < -0.4 is 11.1 Å². The van der Waals surface area contributed by atoms with Crippen molar-refractivity contribution in [2.24, 2.45) is 0 Å². The van der Waals surface area contributed by atoms with E-state index in [4.69, 9.17) is 10.8 Å². The second-order valence-corrected chi connectivity index (χ2v) is 9.73. The number of aliphatic hydroxyl groups is 1. The van der Waals surface area contributed by atoms with Gasteiger partial charge in [0.1, 0.15) is 17.1 Å². The molecule has 35 heavy (non-hydrogen) atoms. The molecule has 0 spiro atoms. The van der Waals surface area contributed by atoms with E-state index in [9.17, 15) is 9.18 Å². The molecule has 9 nitrogen and oxygen atoms in total. The maximum atomic E-state index is 14.3. The van der Waals surface area contributed by atoms with Gasteiger partial charge in [0.15, 0.2) is 5.82 Å². The van der Waals surface area contributed by atoms with E-state index in [1.807, 2.05) is 30.1 Å². The zero-order chi connectivity index (χ0) is 24.5. The maximum Gasteiger partial charge on any atom is 0.245 e. The van der Waals surface area contributed by atoms with Gasteiger partial charge in [-0.25, -0.2) is 13.9 Å². The number of pyridine rings is 2. The third kappa shape index (κ3) is 4.61. The molecule has 0 aliphatic heterocycles. The SMILES string of the molecule is Cc1c(-c2cc(Sc3ncccc3F)c3c(N)cnn3c2)cnn1[C@H]1CC[C@@H](NC(=O)CO)CC1. The van der Waals surface area contributed by atoms with Gasteiger partial charge in [-0.15, -0.1) is 0 Å². The third-order valence-electron chi connectivity index (χ3n) is 6.44. The maximum absolute atomic E-state index is 14.3. The van der Waals surface area contributed by atoms with Gasteiger partial charge in [-0.05, 0) is 50.8 Å². The van der Waals surface area contributed by atoms with Crippen LogP contribution in [0.15, 0.2) is 52.9 Å². The highest BCUT2D eigenvalue weighted by molar-refractivity contribution is 7.99. The lowest BCUT2D eigenvalue weighted by atomic mass is 9.91. The average molecular weight is 496 g/mol. The number of anilines is 1. The number of hydrogen-bond donors (Lipinski definition) is 3. The Labute approximate surface area is 205 Å². The summed E-state index contributed by atoms with van der Waals surface area (Å²) in [5.41, 5.74) is 10.3. The van der Waals surface area contributed by atoms with E-state index in [2.05, 4.69) is 20.5 Å². The molecule has 0 unspecified atom stereocenters. The van der Waals surface area contributed by atoms with Crippen LogP contribution in [0.3, 0.4) is 0 Å². The summed E-state index contributed by atoms with van der Waals surface area (Å²) >= 11 is 1.21. The number of carbonyl (C=O) groups excluding carboxylic acids is 1. The summed E-state index contributed by atoms with van der Waals surface area (Å²) in [6.45, 7) is 1.55. The number of amides is 1. The molecule has 4 N–H and O–H groups in total. The fourth-order valence-electron chi connectivity index (χ4n) is 4.70. The zero-order valence-electron chi connectivity index (χ0n) is 19.2. The van der Waals surface area contributed by atoms with Gasteiger partial charge in [-0.3, -0.25) is 9.48 Å². The van der Waals surface area contributed by atoms with Crippen molar-refractivity contribution < 1.29 is 14.3 Å². The molecule has 5 rings (SSSR count). The molecule has 1 aliphatic carbocycles. The Morgan fingerprint density at radius 2 is 2.09 bits per heavy atom. The number of hydrogen-bond acceptors (Lipinski definition) is 7. The third-order valence-corrected chi connectivity index (χ3v) is 7.47. The van der Waals surface area contributed by atoms with Crippen molar-refractivity contribution >= 4 is 28.9 Å². The van der Waals surface area contributed by atoms with Crippen LogP contribution >= 0.6 is 11.8 Å². The van der Waals surface area contributed by atoms with Gasteiger partial charge < -0.3 is 16.2 Å². The lowest BCUT2D eigenvalue weighted by Gasteiger charge is -2.30. The Hall–Kier alpha value is -3.44. The molecule has 0 saturated heterocycles. The van der Waals surface area contributed by atoms with Crippen LogP contribution in [0.2, 0.25) is 0 Å². The number of nitrogens with one attached hydrogen (secondary N) is 1. The van der Waals surface area contributed by atoms with Crippen molar-refractivity contribution in [3.05, 3.63) is 54.5 Å². The topological polar surface area (TPSA) is 123 Å². The molecule has 0 radical (unpaired) electrons. The van der Waals surface area contributed by atoms with Crippen molar-refractivity contribution in [3.8, 4) is 11.1 Å². The fraction of sp³-hybridized carbons (Fsp3) is 0.333. The number of carbonyl (C=O) groups is 1. The van der Waals surface area contributed by atoms with E-state index < -0.39 is 12.4 Å². The van der Waals surface area contributed by atoms with Crippen LogP contribution in [-0.4, -0.2) is 48.0 Å². The van der Waals surface area contributed by atoms with Gasteiger partial charge in [0, 0.05) is 40.2 Å². The molecule has 4 aromatic heterocycles. The van der Waals surface area contributed by atoms with Gasteiger partial charge >= 0.3 is 0 Å². The van der Waals surface area contributed by atoms with E-state index in [0.29, 0.717) is 11.2 Å². The Morgan fingerprint density at radius 3 is 2.83 bits per heavy atom. The molecule has 4 aromatic rings. The molecule has 11 heteroatoms. The lowest BCUT2D eigenvalue weighted by Crippen LogP contribution is -2.39. The highest BCUT2D eigenvalue weighted by atomic mass is 32.2.